The summed E-state index contributed by atoms with van der Waals surface area (Å²) < 4.78 is 19.5. The molecule has 0 bridgehead atoms. The number of aryl methyl sites for hydroxylation is 1. The Balaban J connectivity index is 2.08. The number of methoxy groups -OCH3 is 1. The van der Waals surface area contributed by atoms with E-state index >= 15 is 0 Å². The zero-order chi connectivity index (χ0) is 13.8. The molecule has 2 aromatic rings. The first kappa shape index (κ1) is 13.9. The van der Waals surface area contributed by atoms with Gasteiger partial charge >= 0.3 is 0 Å². The van der Waals surface area contributed by atoms with Crippen molar-refractivity contribution in [2.75, 3.05) is 12.4 Å². The van der Waals surface area contributed by atoms with Gasteiger partial charge in [-0.05, 0) is 36.2 Å². The molecule has 0 aliphatic carbocycles. The Bertz CT molecular complexity index is 586. The molecule has 0 saturated heterocycles. The summed E-state index contributed by atoms with van der Waals surface area (Å²) in [6.45, 7) is 2.67. The summed E-state index contributed by atoms with van der Waals surface area (Å²) in [4.78, 5) is 0. The van der Waals surface area contributed by atoms with Gasteiger partial charge in [-0.3, -0.25) is 0 Å². The smallest absolute Gasteiger partial charge is 0.167 e. The number of nitrogens with one attached hydrogen (secondary N) is 1. The molecule has 1 N–H and O–H groups in total. The van der Waals surface area contributed by atoms with Crippen molar-refractivity contribution in [3.05, 3.63) is 57.8 Å². The lowest BCUT2D eigenvalue weighted by Gasteiger charge is -2.10. The molecular weight excluding hydrogens is 309 g/mol. The molecule has 100 valence electrons. The van der Waals surface area contributed by atoms with Crippen LogP contribution in [0, 0.1) is 12.7 Å². The number of hydrogen-bond donors (Lipinski definition) is 1. The van der Waals surface area contributed by atoms with Gasteiger partial charge in [-0.15, -0.1) is 0 Å². The zero-order valence-corrected chi connectivity index (χ0v) is 12.4. The normalized spacial score (nSPS) is 10.3. The van der Waals surface area contributed by atoms with Crippen LogP contribution in [0.5, 0.6) is 5.75 Å². The summed E-state index contributed by atoms with van der Waals surface area (Å²) in [6, 6.07) is 11.0. The first-order valence-electron chi connectivity index (χ1n) is 5.92. The molecule has 19 heavy (non-hydrogen) atoms. The number of halogens is 2. The average molecular weight is 324 g/mol. The highest BCUT2D eigenvalue weighted by atomic mass is 79.9. The highest BCUT2D eigenvalue weighted by Gasteiger charge is 2.04. The second-order valence-electron chi connectivity index (χ2n) is 4.30. The van der Waals surface area contributed by atoms with Crippen molar-refractivity contribution in [3.8, 4) is 5.75 Å². The first-order chi connectivity index (χ1) is 9.10. The molecule has 2 nitrogen and oxygen atoms in total. The van der Waals surface area contributed by atoms with E-state index in [1.165, 1.54) is 18.7 Å². The van der Waals surface area contributed by atoms with Crippen molar-refractivity contribution in [2.24, 2.45) is 0 Å². The lowest BCUT2D eigenvalue weighted by molar-refractivity contribution is 0.386. The second kappa shape index (κ2) is 6.06. The second-order valence-corrected chi connectivity index (χ2v) is 5.15. The summed E-state index contributed by atoms with van der Waals surface area (Å²) in [5.74, 6) is -0.113. The Morgan fingerprint density at radius 2 is 2.00 bits per heavy atom. The standard InChI is InChI=1S/C15H15BrFNO/c1-10-3-4-11(13(16)7-10)9-18-12-5-6-15(19-2)14(17)8-12/h3-8,18H,9H2,1-2H3. The van der Waals surface area contributed by atoms with Gasteiger partial charge in [-0.25, -0.2) is 4.39 Å². The first-order valence-corrected chi connectivity index (χ1v) is 6.72. The SMILES string of the molecule is COc1ccc(NCc2ccc(C)cc2Br)cc1F. The Labute approximate surface area is 120 Å². The topological polar surface area (TPSA) is 21.3 Å². The van der Waals surface area contributed by atoms with E-state index in [1.807, 2.05) is 13.0 Å². The van der Waals surface area contributed by atoms with Crippen LogP contribution in [-0.4, -0.2) is 7.11 Å². The van der Waals surface area contributed by atoms with Gasteiger partial charge in [0.25, 0.3) is 0 Å². The lowest BCUT2D eigenvalue weighted by atomic mass is 10.1. The highest BCUT2D eigenvalue weighted by molar-refractivity contribution is 9.10. The van der Waals surface area contributed by atoms with E-state index < -0.39 is 0 Å². The molecule has 0 aliphatic rings. The summed E-state index contributed by atoms with van der Waals surface area (Å²) in [5.41, 5.74) is 3.05. The van der Waals surface area contributed by atoms with Crippen LogP contribution in [0.25, 0.3) is 0 Å². The monoisotopic (exact) mass is 323 g/mol. The van der Waals surface area contributed by atoms with E-state index in [9.17, 15) is 4.39 Å². The molecule has 2 aromatic carbocycles. The lowest BCUT2D eigenvalue weighted by Crippen LogP contribution is -2.01. The van der Waals surface area contributed by atoms with Crippen LogP contribution in [0.3, 0.4) is 0 Å². The summed E-state index contributed by atoms with van der Waals surface area (Å²) in [6.07, 6.45) is 0. The zero-order valence-electron chi connectivity index (χ0n) is 10.8. The van der Waals surface area contributed by atoms with Crippen LogP contribution in [0.1, 0.15) is 11.1 Å². The number of benzene rings is 2. The maximum absolute atomic E-state index is 13.5. The van der Waals surface area contributed by atoms with Crippen LogP contribution in [0.15, 0.2) is 40.9 Å². The van der Waals surface area contributed by atoms with Crippen LogP contribution in [-0.2, 0) is 6.54 Å². The van der Waals surface area contributed by atoms with Gasteiger partial charge in [0, 0.05) is 22.8 Å². The Kier molecular flexibility index (Phi) is 4.43. The molecule has 0 saturated carbocycles. The van der Waals surface area contributed by atoms with Crippen molar-refractivity contribution in [3.63, 3.8) is 0 Å². The fraction of sp³-hybridized carbons (Fsp3) is 0.200. The highest BCUT2D eigenvalue weighted by Crippen LogP contribution is 2.23. The average Bonchev–Trinajstić information content (AvgIpc) is 2.38. The predicted molar refractivity (Wildman–Crippen MR) is 79.2 cm³/mol. The maximum Gasteiger partial charge on any atom is 0.167 e. The van der Waals surface area contributed by atoms with Gasteiger partial charge in [0.1, 0.15) is 0 Å². The Hall–Kier alpha value is -1.55. The summed E-state index contributed by atoms with van der Waals surface area (Å²) in [5, 5.41) is 3.19. The number of hydrogen-bond acceptors (Lipinski definition) is 2. The third-order valence-corrected chi connectivity index (χ3v) is 3.58. The van der Waals surface area contributed by atoms with Gasteiger partial charge in [0.15, 0.2) is 11.6 Å². The van der Waals surface area contributed by atoms with E-state index in [-0.39, 0.29) is 11.6 Å². The molecule has 0 heterocycles. The van der Waals surface area contributed by atoms with E-state index in [4.69, 9.17) is 4.74 Å². The maximum atomic E-state index is 13.5. The van der Waals surface area contributed by atoms with E-state index in [0.717, 1.165) is 15.7 Å². The van der Waals surface area contributed by atoms with Crippen molar-refractivity contribution >= 4 is 21.6 Å². The number of rotatable bonds is 4. The van der Waals surface area contributed by atoms with Crippen molar-refractivity contribution < 1.29 is 9.13 Å². The fourth-order valence-electron chi connectivity index (χ4n) is 1.77. The molecule has 0 spiro atoms. The predicted octanol–water partition coefficient (Wildman–Crippen LogP) is 4.52. The fourth-order valence-corrected chi connectivity index (χ4v) is 2.40. The molecule has 0 fully saturated rings. The van der Waals surface area contributed by atoms with Crippen molar-refractivity contribution in [1.29, 1.82) is 0 Å². The molecule has 4 heteroatoms. The van der Waals surface area contributed by atoms with Gasteiger partial charge in [0.2, 0.25) is 0 Å². The van der Waals surface area contributed by atoms with Crippen LogP contribution in [0.4, 0.5) is 10.1 Å². The Morgan fingerprint density at radius 3 is 2.63 bits per heavy atom. The minimum atomic E-state index is -0.365. The minimum Gasteiger partial charge on any atom is -0.494 e. The van der Waals surface area contributed by atoms with Crippen LogP contribution >= 0.6 is 15.9 Å². The van der Waals surface area contributed by atoms with Crippen molar-refractivity contribution in [1.82, 2.24) is 0 Å². The quantitative estimate of drug-likeness (QED) is 0.893. The van der Waals surface area contributed by atoms with Gasteiger partial charge in [-0.1, -0.05) is 28.1 Å². The number of ether oxygens (including phenoxy) is 1. The molecule has 0 aliphatic heterocycles. The van der Waals surface area contributed by atoms with Crippen LogP contribution in [0.2, 0.25) is 0 Å². The molecule has 0 radical (unpaired) electrons. The minimum absolute atomic E-state index is 0.252. The van der Waals surface area contributed by atoms with Gasteiger partial charge in [-0.2, -0.15) is 0 Å². The van der Waals surface area contributed by atoms with Crippen molar-refractivity contribution in [2.45, 2.75) is 13.5 Å². The molecular formula is C15H15BrFNO. The third kappa shape index (κ3) is 3.47. The molecule has 0 aromatic heterocycles. The largest absolute Gasteiger partial charge is 0.494 e. The summed E-state index contributed by atoms with van der Waals surface area (Å²) >= 11 is 3.52. The van der Waals surface area contributed by atoms with Gasteiger partial charge in [0.05, 0.1) is 7.11 Å². The van der Waals surface area contributed by atoms with E-state index in [2.05, 4.69) is 33.4 Å². The molecule has 0 unspecified atom stereocenters. The third-order valence-electron chi connectivity index (χ3n) is 2.84. The molecule has 2 rings (SSSR count). The van der Waals surface area contributed by atoms with E-state index in [0.29, 0.717) is 6.54 Å². The molecule has 0 amide bonds. The summed E-state index contributed by atoms with van der Waals surface area (Å²) in [7, 11) is 1.45. The van der Waals surface area contributed by atoms with E-state index in [1.54, 1.807) is 12.1 Å². The molecule has 0 atom stereocenters. The van der Waals surface area contributed by atoms with Gasteiger partial charge < -0.3 is 10.1 Å². The van der Waals surface area contributed by atoms with Crippen LogP contribution < -0.4 is 10.1 Å². The number of anilines is 1. The Morgan fingerprint density at radius 1 is 1.21 bits per heavy atom.